The van der Waals surface area contributed by atoms with Crippen molar-refractivity contribution in [2.45, 2.75) is 23.2 Å². The van der Waals surface area contributed by atoms with E-state index < -0.39 is 11.8 Å². The van der Waals surface area contributed by atoms with E-state index in [1.54, 1.807) is 6.07 Å². The molecular formula is C17H17ClFN3O3S2. The molecule has 2 N–H and O–H groups in total. The zero-order chi connectivity index (χ0) is 19.4. The van der Waals surface area contributed by atoms with Crippen LogP contribution in [-0.2, 0) is 4.79 Å². The Balaban J connectivity index is 1.52. The van der Waals surface area contributed by atoms with Crippen molar-refractivity contribution in [3.8, 4) is 0 Å². The van der Waals surface area contributed by atoms with E-state index in [4.69, 9.17) is 16.7 Å². The van der Waals surface area contributed by atoms with Crippen molar-refractivity contribution in [2.24, 2.45) is 0 Å². The van der Waals surface area contributed by atoms with E-state index in [1.165, 1.54) is 40.6 Å². The van der Waals surface area contributed by atoms with Crippen LogP contribution in [0.1, 0.15) is 23.3 Å². The van der Waals surface area contributed by atoms with Gasteiger partial charge in [0.25, 0.3) is 0 Å². The standard InChI is InChI=1S/C17H17ClFN3O3S2/c18-12-7-10(19)1-3-13(12)20-8-11-2-4-15(23)22(11)5-6-26-17-21-14(9-27-17)16(24)25/h1,3,7,9,11,20H,2,4-6,8H2,(H,24,25)/t11-/m1/s1. The summed E-state index contributed by atoms with van der Waals surface area (Å²) in [6.45, 7) is 1.08. The summed E-state index contributed by atoms with van der Waals surface area (Å²) in [5.74, 6) is -0.712. The van der Waals surface area contributed by atoms with Gasteiger partial charge in [-0.3, -0.25) is 4.79 Å². The number of halogens is 2. The van der Waals surface area contributed by atoms with Crippen molar-refractivity contribution in [3.63, 3.8) is 0 Å². The molecule has 2 aromatic rings. The zero-order valence-electron chi connectivity index (χ0n) is 14.2. The quantitative estimate of drug-likeness (QED) is 0.620. The number of hydrogen-bond donors (Lipinski definition) is 2. The third-order valence-corrected chi connectivity index (χ3v) is 6.49. The Hall–Kier alpha value is -1.84. The number of carboxylic acids is 1. The van der Waals surface area contributed by atoms with Crippen molar-refractivity contribution in [3.05, 3.63) is 40.1 Å². The van der Waals surface area contributed by atoms with Gasteiger partial charge >= 0.3 is 5.97 Å². The summed E-state index contributed by atoms with van der Waals surface area (Å²) in [4.78, 5) is 28.9. The summed E-state index contributed by atoms with van der Waals surface area (Å²) in [5.41, 5.74) is 0.675. The van der Waals surface area contributed by atoms with Crippen molar-refractivity contribution in [1.29, 1.82) is 0 Å². The first kappa shape index (κ1) is 19.9. The number of aromatic nitrogens is 1. The highest BCUT2D eigenvalue weighted by molar-refractivity contribution is 8.01. The summed E-state index contributed by atoms with van der Waals surface area (Å²) < 4.78 is 13.8. The first-order chi connectivity index (χ1) is 12.9. The van der Waals surface area contributed by atoms with Gasteiger partial charge in [-0.05, 0) is 24.6 Å². The lowest BCUT2D eigenvalue weighted by Gasteiger charge is -2.25. The number of nitrogens with zero attached hydrogens (tertiary/aromatic N) is 2. The Labute approximate surface area is 168 Å². The fourth-order valence-corrected chi connectivity index (χ4v) is 4.87. The Morgan fingerprint density at radius 2 is 2.33 bits per heavy atom. The molecule has 0 unspecified atom stereocenters. The lowest BCUT2D eigenvalue weighted by atomic mass is 10.2. The van der Waals surface area contributed by atoms with E-state index in [0.717, 1.165) is 6.42 Å². The monoisotopic (exact) mass is 429 g/mol. The van der Waals surface area contributed by atoms with Gasteiger partial charge in [0.2, 0.25) is 5.91 Å². The molecule has 1 saturated heterocycles. The molecule has 1 aromatic heterocycles. The molecule has 1 aromatic carbocycles. The number of benzene rings is 1. The first-order valence-corrected chi connectivity index (χ1v) is 10.5. The molecule has 10 heteroatoms. The Morgan fingerprint density at radius 1 is 1.52 bits per heavy atom. The number of carbonyl (C=O) groups is 2. The van der Waals surface area contributed by atoms with Gasteiger partial charge in [-0.25, -0.2) is 14.2 Å². The summed E-state index contributed by atoms with van der Waals surface area (Å²) >= 11 is 8.74. The maximum atomic E-state index is 13.1. The van der Waals surface area contributed by atoms with Crippen LogP contribution in [0.3, 0.4) is 0 Å². The molecule has 144 valence electrons. The number of hydrogen-bond acceptors (Lipinski definition) is 6. The smallest absolute Gasteiger partial charge is 0.355 e. The molecule has 27 heavy (non-hydrogen) atoms. The van der Waals surface area contributed by atoms with Gasteiger partial charge in [0.1, 0.15) is 5.82 Å². The van der Waals surface area contributed by atoms with Crippen LogP contribution < -0.4 is 5.32 Å². The zero-order valence-corrected chi connectivity index (χ0v) is 16.5. The second-order valence-corrected chi connectivity index (χ2v) is 8.54. The van der Waals surface area contributed by atoms with Crippen molar-refractivity contribution in [2.75, 3.05) is 24.2 Å². The van der Waals surface area contributed by atoms with Gasteiger partial charge in [0.15, 0.2) is 10.0 Å². The van der Waals surface area contributed by atoms with Crippen LogP contribution in [0.5, 0.6) is 0 Å². The van der Waals surface area contributed by atoms with Crippen LogP contribution >= 0.6 is 34.7 Å². The van der Waals surface area contributed by atoms with Crippen LogP contribution in [0.2, 0.25) is 5.02 Å². The van der Waals surface area contributed by atoms with Gasteiger partial charge in [-0.2, -0.15) is 0 Å². The maximum Gasteiger partial charge on any atom is 0.355 e. The van der Waals surface area contributed by atoms with Crippen LogP contribution in [0, 0.1) is 5.82 Å². The average Bonchev–Trinajstić information content (AvgIpc) is 3.22. The third kappa shape index (κ3) is 5.12. The molecule has 1 fully saturated rings. The maximum absolute atomic E-state index is 13.1. The third-order valence-electron chi connectivity index (χ3n) is 4.17. The highest BCUT2D eigenvalue weighted by atomic mass is 35.5. The number of aromatic carboxylic acids is 1. The molecule has 0 aliphatic carbocycles. The second kappa shape index (κ2) is 8.90. The van der Waals surface area contributed by atoms with E-state index in [9.17, 15) is 14.0 Å². The topological polar surface area (TPSA) is 82.5 Å². The largest absolute Gasteiger partial charge is 0.476 e. The second-order valence-electron chi connectivity index (χ2n) is 5.94. The van der Waals surface area contributed by atoms with Gasteiger partial charge < -0.3 is 15.3 Å². The minimum atomic E-state index is -1.04. The van der Waals surface area contributed by atoms with Gasteiger partial charge in [-0.15, -0.1) is 11.3 Å². The Morgan fingerprint density at radius 3 is 3.04 bits per heavy atom. The van der Waals surface area contributed by atoms with E-state index in [1.807, 2.05) is 4.90 Å². The van der Waals surface area contributed by atoms with Crippen LogP contribution in [-0.4, -0.2) is 51.8 Å². The summed E-state index contributed by atoms with van der Waals surface area (Å²) in [5, 5.41) is 13.9. The molecule has 1 atom stereocenters. The number of amides is 1. The number of rotatable bonds is 8. The molecule has 0 bridgehead atoms. The summed E-state index contributed by atoms with van der Waals surface area (Å²) in [6.07, 6.45) is 1.24. The average molecular weight is 430 g/mol. The number of anilines is 1. The molecule has 1 amide bonds. The van der Waals surface area contributed by atoms with Gasteiger partial charge in [0.05, 0.1) is 10.7 Å². The van der Waals surface area contributed by atoms with E-state index in [2.05, 4.69) is 10.3 Å². The Bertz CT molecular complexity index is 849. The van der Waals surface area contributed by atoms with Crippen LogP contribution in [0.25, 0.3) is 0 Å². The van der Waals surface area contributed by atoms with E-state index >= 15 is 0 Å². The molecule has 1 aliphatic heterocycles. The predicted molar refractivity (Wildman–Crippen MR) is 104 cm³/mol. The van der Waals surface area contributed by atoms with Crippen molar-refractivity contribution in [1.82, 2.24) is 9.88 Å². The van der Waals surface area contributed by atoms with Crippen LogP contribution in [0.4, 0.5) is 10.1 Å². The van der Waals surface area contributed by atoms with Crippen LogP contribution in [0.15, 0.2) is 27.9 Å². The number of thiazole rings is 1. The molecule has 0 spiro atoms. The van der Waals surface area contributed by atoms with Gasteiger partial charge in [0, 0.05) is 36.7 Å². The number of carboxylic acid groups (broad SMARTS) is 1. The van der Waals surface area contributed by atoms with Crippen molar-refractivity contribution < 1.29 is 19.1 Å². The highest BCUT2D eigenvalue weighted by Crippen LogP contribution is 2.26. The predicted octanol–water partition coefficient (Wildman–Crippen LogP) is 3.83. The lowest BCUT2D eigenvalue weighted by molar-refractivity contribution is -0.128. The molecular weight excluding hydrogens is 413 g/mol. The van der Waals surface area contributed by atoms with E-state index in [0.29, 0.717) is 40.3 Å². The SMILES string of the molecule is O=C(O)c1csc(SCCN2C(=O)CC[C@@H]2CNc2ccc(F)cc2Cl)n1. The molecule has 1 aliphatic rings. The molecule has 0 radical (unpaired) electrons. The van der Waals surface area contributed by atoms with Crippen molar-refractivity contribution >= 4 is 52.3 Å². The fourth-order valence-electron chi connectivity index (χ4n) is 2.83. The number of nitrogens with one attached hydrogen (secondary N) is 1. The lowest BCUT2D eigenvalue weighted by Crippen LogP contribution is -2.39. The molecule has 3 rings (SSSR count). The van der Waals surface area contributed by atoms with E-state index in [-0.39, 0.29) is 17.6 Å². The summed E-state index contributed by atoms with van der Waals surface area (Å²) in [6, 6.07) is 4.20. The minimum Gasteiger partial charge on any atom is -0.476 e. The van der Waals surface area contributed by atoms with Gasteiger partial charge in [-0.1, -0.05) is 23.4 Å². The molecule has 2 heterocycles. The highest BCUT2D eigenvalue weighted by Gasteiger charge is 2.30. The number of likely N-dealkylation sites (tertiary alicyclic amines) is 1. The number of thioether (sulfide) groups is 1. The summed E-state index contributed by atoms with van der Waals surface area (Å²) in [7, 11) is 0. The normalized spacial score (nSPS) is 16.7. The number of carbonyl (C=O) groups excluding carboxylic acids is 1. The minimum absolute atomic E-state index is 0.0325. The first-order valence-electron chi connectivity index (χ1n) is 8.24. The Kier molecular flexibility index (Phi) is 6.56. The molecule has 6 nitrogen and oxygen atoms in total. The molecule has 0 saturated carbocycles. The fraction of sp³-hybridized carbons (Fsp3) is 0.353.